The highest BCUT2D eigenvalue weighted by Crippen LogP contribution is 2.35. The van der Waals surface area contributed by atoms with Gasteiger partial charge >= 0.3 is 5.97 Å². The molecule has 3 nitrogen and oxygen atoms in total. The maximum atomic E-state index is 11.7. The van der Waals surface area contributed by atoms with Crippen molar-refractivity contribution in [3.63, 3.8) is 0 Å². The highest BCUT2D eigenvalue weighted by Gasteiger charge is 2.40. The summed E-state index contributed by atoms with van der Waals surface area (Å²) in [6.07, 6.45) is 7.49. The maximum Gasteiger partial charge on any atom is 0.306 e. The summed E-state index contributed by atoms with van der Waals surface area (Å²) in [5.41, 5.74) is -0.301. The Balaban J connectivity index is 2.88. The van der Waals surface area contributed by atoms with E-state index in [4.69, 9.17) is 4.74 Å². The summed E-state index contributed by atoms with van der Waals surface area (Å²) in [6, 6.07) is 0. The number of ether oxygens (including phenoxy) is 1. The molecule has 2 unspecified atom stereocenters. The monoisotopic (exact) mass is 253 g/mol. The summed E-state index contributed by atoms with van der Waals surface area (Å²) in [6.45, 7) is 8.18. The average Bonchev–Trinajstić information content (AvgIpc) is 2.50. The smallest absolute Gasteiger partial charge is 0.306 e. The molecule has 0 aromatic carbocycles. The Hall–Kier alpha value is -0.830. The Morgan fingerprint density at radius 1 is 1.50 bits per heavy atom. The topological polar surface area (TPSA) is 29.5 Å². The molecule has 0 aromatic heterocycles. The highest BCUT2D eigenvalue weighted by molar-refractivity contribution is 5.69. The number of esters is 1. The van der Waals surface area contributed by atoms with Crippen molar-refractivity contribution in [1.29, 1.82) is 0 Å². The number of nitrogens with zero attached hydrogens (tertiary/aromatic N) is 1. The van der Waals surface area contributed by atoms with E-state index in [1.807, 2.05) is 19.9 Å². The van der Waals surface area contributed by atoms with E-state index < -0.39 is 0 Å². The van der Waals surface area contributed by atoms with Crippen molar-refractivity contribution in [3.05, 3.63) is 12.2 Å². The minimum atomic E-state index is -0.301. The number of likely N-dealkylation sites (tertiary alicyclic amines) is 1. The van der Waals surface area contributed by atoms with Gasteiger partial charge in [0.25, 0.3) is 0 Å². The molecule has 0 aromatic rings. The minimum Gasteiger partial charge on any atom is -0.458 e. The second kappa shape index (κ2) is 6.93. The molecule has 0 bridgehead atoms. The van der Waals surface area contributed by atoms with Gasteiger partial charge in [0.05, 0.1) is 0 Å². The molecule has 0 spiro atoms. The third-order valence-electron chi connectivity index (χ3n) is 4.06. The average molecular weight is 253 g/mol. The SMILES string of the molecule is C/C=C\CC1(OC(=O)CC)CCN(C)CCC1C. The summed E-state index contributed by atoms with van der Waals surface area (Å²) in [5.74, 6) is 0.338. The van der Waals surface area contributed by atoms with Gasteiger partial charge in [-0.3, -0.25) is 4.79 Å². The van der Waals surface area contributed by atoms with Crippen molar-refractivity contribution in [2.75, 3.05) is 20.1 Å². The molecule has 0 aliphatic carbocycles. The van der Waals surface area contributed by atoms with E-state index in [2.05, 4.69) is 24.9 Å². The lowest BCUT2D eigenvalue weighted by Crippen LogP contribution is -2.41. The number of rotatable bonds is 4. The lowest BCUT2D eigenvalue weighted by molar-refractivity contribution is -0.165. The third kappa shape index (κ3) is 3.84. The quantitative estimate of drug-likeness (QED) is 0.570. The van der Waals surface area contributed by atoms with E-state index in [1.165, 1.54) is 0 Å². The van der Waals surface area contributed by atoms with Crippen LogP contribution in [0.15, 0.2) is 12.2 Å². The summed E-state index contributed by atoms with van der Waals surface area (Å²) in [4.78, 5) is 14.1. The van der Waals surface area contributed by atoms with Gasteiger partial charge in [0.15, 0.2) is 0 Å². The molecule has 1 heterocycles. The fourth-order valence-corrected chi connectivity index (χ4v) is 2.53. The summed E-state index contributed by atoms with van der Waals surface area (Å²) >= 11 is 0. The van der Waals surface area contributed by atoms with E-state index in [0.29, 0.717) is 12.3 Å². The molecule has 1 fully saturated rings. The Morgan fingerprint density at radius 2 is 2.22 bits per heavy atom. The van der Waals surface area contributed by atoms with Crippen molar-refractivity contribution in [2.45, 2.75) is 52.1 Å². The predicted octanol–water partition coefficient (Wildman–Crippen LogP) is 3.01. The van der Waals surface area contributed by atoms with Gasteiger partial charge in [0, 0.05) is 25.8 Å². The second-order valence-corrected chi connectivity index (χ2v) is 5.41. The zero-order chi connectivity index (χ0) is 13.6. The van der Waals surface area contributed by atoms with Crippen LogP contribution in [0.25, 0.3) is 0 Å². The van der Waals surface area contributed by atoms with Gasteiger partial charge < -0.3 is 9.64 Å². The first-order chi connectivity index (χ1) is 8.54. The van der Waals surface area contributed by atoms with Crippen LogP contribution >= 0.6 is 0 Å². The van der Waals surface area contributed by atoms with E-state index in [0.717, 1.165) is 32.4 Å². The fraction of sp³-hybridized carbons (Fsp3) is 0.800. The largest absolute Gasteiger partial charge is 0.458 e. The minimum absolute atomic E-state index is 0.0732. The van der Waals surface area contributed by atoms with Crippen molar-refractivity contribution < 1.29 is 9.53 Å². The van der Waals surface area contributed by atoms with Crippen LogP contribution in [0.3, 0.4) is 0 Å². The van der Waals surface area contributed by atoms with Crippen LogP contribution in [0.4, 0.5) is 0 Å². The standard InChI is InChI=1S/C15H27NO2/c1-5-7-9-15(18-14(17)6-2)10-12-16(4)11-8-13(15)3/h5,7,13H,6,8-12H2,1-4H3/b7-5-. The van der Waals surface area contributed by atoms with Crippen LogP contribution in [-0.2, 0) is 9.53 Å². The van der Waals surface area contributed by atoms with Gasteiger partial charge in [-0.25, -0.2) is 0 Å². The van der Waals surface area contributed by atoms with Crippen LogP contribution in [-0.4, -0.2) is 36.6 Å². The van der Waals surface area contributed by atoms with E-state index in [-0.39, 0.29) is 11.6 Å². The molecule has 18 heavy (non-hydrogen) atoms. The molecule has 1 aliphatic rings. The summed E-state index contributed by atoms with van der Waals surface area (Å²) in [5, 5.41) is 0. The molecule has 104 valence electrons. The van der Waals surface area contributed by atoms with Gasteiger partial charge in [-0.2, -0.15) is 0 Å². The molecular weight excluding hydrogens is 226 g/mol. The van der Waals surface area contributed by atoms with Crippen LogP contribution in [0.2, 0.25) is 0 Å². The molecule has 3 heteroatoms. The number of carbonyl (C=O) groups excluding carboxylic acids is 1. The Kier molecular flexibility index (Phi) is 5.86. The zero-order valence-corrected chi connectivity index (χ0v) is 12.2. The van der Waals surface area contributed by atoms with Crippen molar-refractivity contribution >= 4 is 5.97 Å². The molecule has 1 saturated heterocycles. The van der Waals surface area contributed by atoms with Crippen molar-refractivity contribution in [1.82, 2.24) is 4.90 Å². The lowest BCUT2D eigenvalue weighted by Gasteiger charge is -2.36. The Bertz CT molecular complexity index is 301. The molecule has 1 aliphatic heterocycles. The first kappa shape index (κ1) is 15.2. The Labute approximate surface area is 111 Å². The fourth-order valence-electron chi connectivity index (χ4n) is 2.53. The molecule has 0 N–H and O–H groups in total. The first-order valence-corrected chi connectivity index (χ1v) is 7.05. The zero-order valence-electron chi connectivity index (χ0n) is 12.2. The third-order valence-corrected chi connectivity index (χ3v) is 4.06. The van der Waals surface area contributed by atoms with Crippen LogP contribution < -0.4 is 0 Å². The molecule has 0 saturated carbocycles. The van der Waals surface area contributed by atoms with Crippen LogP contribution in [0.1, 0.15) is 46.5 Å². The van der Waals surface area contributed by atoms with E-state index in [1.54, 1.807) is 0 Å². The molecule has 0 radical (unpaired) electrons. The lowest BCUT2D eigenvalue weighted by atomic mass is 9.81. The molecule has 2 atom stereocenters. The second-order valence-electron chi connectivity index (χ2n) is 5.41. The summed E-state index contributed by atoms with van der Waals surface area (Å²) in [7, 11) is 2.14. The summed E-state index contributed by atoms with van der Waals surface area (Å²) < 4.78 is 5.85. The van der Waals surface area contributed by atoms with Gasteiger partial charge in [-0.15, -0.1) is 0 Å². The van der Waals surface area contributed by atoms with Crippen LogP contribution in [0.5, 0.6) is 0 Å². The normalized spacial score (nSPS) is 30.3. The maximum absolute atomic E-state index is 11.7. The van der Waals surface area contributed by atoms with Crippen molar-refractivity contribution in [2.24, 2.45) is 5.92 Å². The number of carbonyl (C=O) groups is 1. The van der Waals surface area contributed by atoms with Crippen molar-refractivity contribution in [3.8, 4) is 0 Å². The number of allylic oxidation sites excluding steroid dienone is 1. The van der Waals surface area contributed by atoms with Gasteiger partial charge in [0.1, 0.15) is 5.60 Å². The first-order valence-electron chi connectivity index (χ1n) is 7.05. The Morgan fingerprint density at radius 3 is 2.83 bits per heavy atom. The van der Waals surface area contributed by atoms with Gasteiger partial charge in [-0.1, -0.05) is 26.0 Å². The van der Waals surface area contributed by atoms with Gasteiger partial charge in [0.2, 0.25) is 0 Å². The van der Waals surface area contributed by atoms with E-state index >= 15 is 0 Å². The molecule has 1 rings (SSSR count). The highest BCUT2D eigenvalue weighted by atomic mass is 16.6. The van der Waals surface area contributed by atoms with Gasteiger partial charge in [-0.05, 0) is 32.9 Å². The predicted molar refractivity (Wildman–Crippen MR) is 74.4 cm³/mol. The van der Waals surface area contributed by atoms with E-state index in [9.17, 15) is 4.79 Å². The van der Waals surface area contributed by atoms with Crippen LogP contribution in [0, 0.1) is 5.92 Å². The molecular formula is C15H27NO2. The number of hydrogen-bond donors (Lipinski definition) is 0. The number of hydrogen-bond acceptors (Lipinski definition) is 3. The molecule has 0 amide bonds.